The van der Waals surface area contributed by atoms with E-state index in [2.05, 4.69) is 4.98 Å². The summed E-state index contributed by atoms with van der Waals surface area (Å²) < 4.78 is 5.60. The number of aromatic nitrogens is 1. The van der Waals surface area contributed by atoms with Gasteiger partial charge in [0.15, 0.2) is 0 Å². The summed E-state index contributed by atoms with van der Waals surface area (Å²) in [5, 5.41) is 10.4. The van der Waals surface area contributed by atoms with Crippen molar-refractivity contribution in [1.29, 1.82) is 0 Å². The Balaban J connectivity index is 2.18. The molecule has 0 saturated carbocycles. The molecule has 0 bridgehead atoms. The molecule has 1 aromatic heterocycles. The number of aryl methyl sites for hydroxylation is 1. The van der Waals surface area contributed by atoms with Crippen LogP contribution in [0.15, 0.2) is 24.3 Å². The molecule has 1 heterocycles. The van der Waals surface area contributed by atoms with Gasteiger partial charge in [0, 0.05) is 9.90 Å². The Morgan fingerprint density at radius 1 is 1.35 bits per heavy atom. The summed E-state index contributed by atoms with van der Waals surface area (Å²) in [4.78, 5) is 5.28. The maximum atomic E-state index is 9.14. The molecule has 5 heteroatoms. The number of aliphatic hydroxyl groups is 1. The zero-order chi connectivity index (χ0) is 12.3. The van der Waals surface area contributed by atoms with E-state index in [0.717, 1.165) is 11.3 Å². The van der Waals surface area contributed by atoms with Crippen molar-refractivity contribution in [2.45, 2.75) is 20.0 Å². The molecule has 3 nitrogen and oxygen atoms in total. The molecule has 0 fully saturated rings. The van der Waals surface area contributed by atoms with E-state index in [4.69, 9.17) is 21.4 Å². The van der Waals surface area contributed by atoms with Crippen molar-refractivity contribution in [2.75, 3.05) is 0 Å². The minimum atomic E-state index is -0.0519. The molecule has 0 aliphatic carbocycles. The number of rotatable bonds is 4. The molecule has 0 radical (unpaired) electrons. The number of nitrogens with zero attached hydrogens (tertiary/aromatic N) is 1. The molecule has 17 heavy (non-hydrogen) atoms. The summed E-state index contributed by atoms with van der Waals surface area (Å²) in [6, 6.07) is 7.10. The van der Waals surface area contributed by atoms with Crippen molar-refractivity contribution in [3.05, 3.63) is 39.9 Å². The van der Waals surface area contributed by atoms with E-state index < -0.39 is 0 Å². The Morgan fingerprint density at radius 2 is 2.06 bits per heavy atom. The Bertz CT molecular complexity index is 474. The van der Waals surface area contributed by atoms with E-state index in [-0.39, 0.29) is 6.61 Å². The largest absolute Gasteiger partial charge is 0.431 e. The molecule has 0 aliphatic rings. The summed E-state index contributed by atoms with van der Waals surface area (Å²) >= 11 is 7.24. The molecule has 0 spiro atoms. The van der Waals surface area contributed by atoms with E-state index in [0.29, 0.717) is 21.7 Å². The third kappa shape index (κ3) is 2.97. The van der Waals surface area contributed by atoms with E-state index in [9.17, 15) is 0 Å². The molecule has 2 rings (SSSR count). The van der Waals surface area contributed by atoms with Crippen LogP contribution in [0.4, 0.5) is 0 Å². The van der Waals surface area contributed by atoms with Crippen LogP contribution < -0.4 is 4.74 Å². The Kier molecular flexibility index (Phi) is 3.99. The van der Waals surface area contributed by atoms with E-state index >= 15 is 0 Å². The van der Waals surface area contributed by atoms with Crippen molar-refractivity contribution in [1.82, 2.24) is 4.98 Å². The highest BCUT2D eigenvalue weighted by atomic mass is 35.5. The molecule has 90 valence electrons. The van der Waals surface area contributed by atoms with Crippen LogP contribution in [-0.2, 0) is 13.0 Å². The fourth-order valence-electron chi connectivity index (χ4n) is 1.41. The third-order valence-electron chi connectivity index (χ3n) is 2.25. The standard InChI is InChI=1S/C12H12ClNO2S/c1-2-11-10(7-15)14-12(17-11)16-9-5-3-8(13)4-6-9/h3-6,15H,2,7H2,1H3. The van der Waals surface area contributed by atoms with Crippen molar-refractivity contribution in [2.24, 2.45) is 0 Å². The van der Waals surface area contributed by atoms with Gasteiger partial charge in [-0.1, -0.05) is 29.9 Å². The van der Waals surface area contributed by atoms with Crippen molar-refractivity contribution < 1.29 is 9.84 Å². The molecule has 1 N–H and O–H groups in total. The Labute approximate surface area is 109 Å². The molecule has 0 atom stereocenters. The zero-order valence-electron chi connectivity index (χ0n) is 9.31. The molecule has 0 aliphatic heterocycles. The summed E-state index contributed by atoms with van der Waals surface area (Å²) in [6.45, 7) is 1.97. The second-order valence-electron chi connectivity index (χ2n) is 3.42. The number of ether oxygens (including phenoxy) is 1. The predicted octanol–water partition coefficient (Wildman–Crippen LogP) is 3.64. The van der Waals surface area contributed by atoms with Gasteiger partial charge >= 0.3 is 0 Å². The van der Waals surface area contributed by atoms with Crippen LogP contribution in [0.2, 0.25) is 5.02 Å². The van der Waals surface area contributed by atoms with Gasteiger partial charge in [-0.2, -0.15) is 0 Å². The SMILES string of the molecule is CCc1sc(Oc2ccc(Cl)cc2)nc1CO. The Hall–Kier alpha value is -1.10. The predicted molar refractivity (Wildman–Crippen MR) is 68.9 cm³/mol. The van der Waals surface area contributed by atoms with E-state index in [1.807, 2.05) is 6.92 Å². The van der Waals surface area contributed by atoms with Crippen LogP contribution in [0.3, 0.4) is 0 Å². The van der Waals surface area contributed by atoms with Crippen LogP contribution in [0, 0.1) is 0 Å². The highest BCUT2D eigenvalue weighted by molar-refractivity contribution is 7.13. The second kappa shape index (κ2) is 5.49. The topological polar surface area (TPSA) is 42.4 Å². The quantitative estimate of drug-likeness (QED) is 0.921. The van der Waals surface area contributed by atoms with Gasteiger partial charge in [-0.3, -0.25) is 0 Å². The normalized spacial score (nSPS) is 10.5. The number of thiazole rings is 1. The van der Waals surface area contributed by atoms with Crippen molar-refractivity contribution in [3.63, 3.8) is 0 Å². The number of halogens is 1. The molecule has 1 aromatic carbocycles. The van der Waals surface area contributed by atoms with Crippen LogP contribution in [0.5, 0.6) is 10.9 Å². The fourth-order valence-corrected chi connectivity index (χ4v) is 2.41. The molecule has 0 amide bonds. The summed E-state index contributed by atoms with van der Waals surface area (Å²) in [7, 11) is 0. The fraction of sp³-hybridized carbons (Fsp3) is 0.250. The van der Waals surface area contributed by atoms with Gasteiger partial charge in [0.1, 0.15) is 5.75 Å². The maximum Gasteiger partial charge on any atom is 0.279 e. The lowest BCUT2D eigenvalue weighted by Gasteiger charge is -2.00. The van der Waals surface area contributed by atoms with Gasteiger partial charge in [-0.05, 0) is 30.7 Å². The summed E-state index contributed by atoms with van der Waals surface area (Å²) in [6.07, 6.45) is 0.845. The number of aliphatic hydroxyl groups excluding tert-OH is 1. The first-order valence-corrected chi connectivity index (χ1v) is 6.45. The molecule has 0 unspecified atom stereocenters. The summed E-state index contributed by atoms with van der Waals surface area (Å²) in [5.41, 5.74) is 0.696. The van der Waals surface area contributed by atoms with Gasteiger partial charge in [-0.25, -0.2) is 4.98 Å². The van der Waals surface area contributed by atoms with Crippen molar-refractivity contribution >= 4 is 22.9 Å². The zero-order valence-corrected chi connectivity index (χ0v) is 10.9. The van der Waals surface area contributed by atoms with Crippen LogP contribution in [0.1, 0.15) is 17.5 Å². The van der Waals surface area contributed by atoms with Gasteiger partial charge in [-0.15, -0.1) is 0 Å². The number of hydrogen-bond donors (Lipinski definition) is 1. The third-order valence-corrected chi connectivity index (χ3v) is 3.62. The average Bonchev–Trinajstić information content (AvgIpc) is 2.74. The maximum absolute atomic E-state index is 9.14. The van der Waals surface area contributed by atoms with E-state index in [1.165, 1.54) is 11.3 Å². The lowest BCUT2D eigenvalue weighted by molar-refractivity contribution is 0.275. The molecule has 2 aromatic rings. The van der Waals surface area contributed by atoms with Crippen molar-refractivity contribution in [3.8, 4) is 10.9 Å². The highest BCUT2D eigenvalue weighted by Crippen LogP contribution is 2.30. The van der Waals surface area contributed by atoms with Crippen LogP contribution in [0.25, 0.3) is 0 Å². The molecular weight excluding hydrogens is 258 g/mol. The first kappa shape index (κ1) is 12.4. The lowest BCUT2D eigenvalue weighted by Crippen LogP contribution is -1.88. The smallest absolute Gasteiger partial charge is 0.279 e. The minimum absolute atomic E-state index is 0.0519. The monoisotopic (exact) mass is 269 g/mol. The average molecular weight is 270 g/mol. The van der Waals surface area contributed by atoms with Crippen LogP contribution >= 0.6 is 22.9 Å². The number of benzene rings is 1. The van der Waals surface area contributed by atoms with Gasteiger partial charge < -0.3 is 9.84 Å². The van der Waals surface area contributed by atoms with Crippen LogP contribution in [-0.4, -0.2) is 10.1 Å². The molecular formula is C12H12ClNO2S. The van der Waals surface area contributed by atoms with Gasteiger partial charge in [0.2, 0.25) is 0 Å². The Morgan fingerprint density at radius 3 is 2.59 bits per heavy atom. The molecule has 0 saturated heterocycles. The second-order valence-corrected chi connectivity index (χ2v) is 4.90. The highest BCUT2D eigenvalue weighted by Gasteiger charge is 2.10. The van der Waals surface area contributed by atoms with E-state index in [1.54, 1.807) is 24.3 Å². The lowest BCUT2D eigenvalue weighted by atomic mass is 10.3. The minimum Gasteiger partial charge on any atom is -0.431 e. The van der Waals surface area contributed by atoms with Gasteiger partial charge in [0.25, 0.3) is 5.19 Å². The summed E-state index contributed by atoms with van der Waals surface area (Å²) in [5.74, 6) is 0.690. The first-order chi connectivity index (χ1) is 8.22. The van der Waals surface area contributed by atoms with Gasteiger partial charge in [0.05, 0.1) is 12.3 Å². The first-order valence-electron chi connectivity index (χ1n) is 5.25. The number of hydrogen-bond acceptors (Lipinski definition) is 4.